The molecule has 0 aliphatic carbocycles. The second-order valence-electron chi connectivity index (χ2n) is 6.44. The molecule has 3 heteroatoms. The molecule has 1 aromatic rings. The largest absolute Gasteiger partial charge is 0.313 e. The summed E-state index contributed by atoms with van der Waals surface area (Å²) in [6, 6.07) is 7.21. The molecule has 21 heavy (non-hydrogen) atoms. The van der Waals surface area contributed by atoms with Crippen molar-refractivity contribution in [3.8, 4) is 0 Å². The van der Waals surface area contributed by atoms with Crippen molar-refractivity contribution in [2.75, 3.05) is 26.7 Å². The Kier molecular flexibility index (Phi) is 6.19. The summed E-state index contributed by atoms with van der Waals surface area (Å²) in [5, 5.41) is 3.31. The molecule has 2 nitrogen and oxygen atoms in total. The molecule has 1 aromatic carbocycles. The fourth-order valence-corrected chi connectivity index (χ4v) is 3.64. The zero-order valence-electron chi connectivity index (χ0n) is 13.6. The van der Waals surface area contributed by atoms with Crippen LogP contribution in [0.5, 0.6) is 0 Å². The minimum atomic E-state index is -0.103. The van der Waals surface area contributed by atoms with E-state index in [1.807, 2.05) is 19.2 Å². The number of nitrogens with one attached hydrogen (secondary N) is 1. The van der Waals surface area contributed by atoms with E-state index < -0.39 is 0 Å². The molecule has 1 fully saturated rings. The Hall–Kier alpha value is -0.930. The molecule has 1 N–H and O–H groups in total. The quantitative estimate of drug-likeness (QED) is 0.857. The SMILES string of the molecule is CCC1CCCN(CC(C)C(NC)c2ccccc2F)C1. The van der Waals surface area contributed by atoms with Crippen LogP contribution < -0.4 is 5.32 Å². The van der Waals surface area contributed by atoms with Gasteiger partial charge in [-0.05, 0) is 44.3 Å². The topological polar surface area (TPSA) is 15.3 Å². The molecular weight excluding hydrogens is 263 g/mol. The minimum absolute atomic E-state index is 0.0770. The number of hydrogen-bond acceptors (Lipinski definition) is 2. The van der Waals surface area contributed by atoms with E-state index in [4.69, 9.17) is 0 Å². The van der Waals surface area contributed by atoms with Crippen molar-refractivity contribution in [1.82, 2.24) is 10.2 Å². The Morgan fingerprint density at radius 2 is 2.14 bits per heavy atom. The van der Waals surface area contributed by atoms with E-state index >= 15 is 0 Å². The Morgan fingerprint density at radius 3 is 2.81 bits per heavy atom. The third-order valence-corrected chi connectivity index (χ3v) is 4.85. The zero-order chi connectivity index (χ0) is 15.2. The molecule has 1 heterocycles. The highest BCUT2D eigenvalue weighted by Crippen LogP contribution is 2.27. The first-order valence-electron chi connectivity index (χ1n) is 8.29. The fraction of sp³-hybridized carbons (Fsp3) is 0.667. The van der Waals surface area contributed by atoms with Crippen LogP contribution in [0.15, 0.2) is 24.3 Å². The minimum Gasteiger partial charge on any atom is -0.313 e. The third kappa shape index (κ3) is 4.27. The molecule has 1 aliphatic heterocycles. The standard InChI is InChI=1S/C18H29FN2/c1-4-15-8-7-11-21(13-15)12-14(2)18(20-3)16-9-5-6-10-17(16)19/h5-6,9-10,14-15,18,20H,4,7-8,11-13H2,1-3H3. The van der Waals surface area contributed by atoms with Gasteiger partial charge in [0.15, 0.2) is 0 Å². The van der Waals surface area contributed by atoms with Crippen LogP contribution in [0.1, 0.15) is 44.7 Å². The Morgan fingerprint density at radius 1 is 1.38 bits per heavy atom. The first kappa shape index (κ1) is 16.4. The van der Waals surface area contributed by atoms with Crippen molar-refractivity contribution < 1.29 is 4.39 Å². The molecular formula is C18H29FN2. The summed E-state index contributed by atoms with van der Waals surface area (Å²) in [6.45, 7) is 7.94. The van der Waals surface area contributed by atoms with Gasteiger partial charge in [0, 0.05) is 24.7 Å². The summed E-state index contributed by atoms with van der Waals surface area (Å²) >= 11 is 0. The molecule has 3 unspecified atom stereocenters. The normalized spacial score (nSPS) is 23.0. The summed E-state index contributed by atoms with van der Waals surface area (Å²) in [5.41, 5.74) is 0.788. The molecule has 0 aromatic heterocycles. The van der Waals surface area contributed by atoms with Crippen LogP contribution in [0, 0.1) is 17.7 Å². The second-order valence-corrected chi connectivity index (χ2v) is 6.44. The highest BCUT2D eigenvalue weighted by atomic mass is 19.1. The number of hydrogen-bond donors (Lipinski definition) is 1. The van der Waals surface area contributed by atoms with Crippen molar-refractivity contribution in [2.24, 2.45) is 11.8 Å². The number of rotatable bonds is 6. The van der Waals surface area contributed by atoms with Crippen LogP contribution in [-0.4, -0.2) is 31.6 Å². The average molecular weight is 292 g/mol. The highest BCUT2D eigenvalue weighted by Gasteiger charge is 2.25. The van der Waals surface area contributed by atoms with Gasteiger partial charge in [-0.3, -0.25) is 0 Å². The molecule has 1 saturated heterocycles. The molecule has 0 saturated carbocycles. The van der Waals surface area contributed by atoms with Crippen LogP contribution in [0.2, 0.25) is 0 Å². The van der Waals surface area contributed by atoms with Gasteiger partial charge in [-0.15, -0.1) is 0 Å². The van der Waals surface area contributed by atoms with Gasteiger partial charge in [-0.1, -0.05) is 38.5 Å². The highest BCUT2D eigenvalue weighted by molar-refractivity contribution is 5.21. The molecule has 3 atom stereocenters. The number of benzene rings is 1. The van der Waals surface area contributed by atoms with Crippen LogP contribution >= 0.6 is 0 Å². The lowest BCUT2D eigenvalue weighted by Gasteiger charge is -2.36. The van der Waals surface area contributed by atoms with Crippen LogP contribution in [0.4, 0.5) is 4.39 Å². The molecule has 0 spiro atoms. The fourth-order valence-electron chi connectivity index (χ4n) is 3.64. The lowest BCUT2D eigenvalue weighted by atomic mass is 9.91. The lowest BCUT2D eigenvalue weighted by molar-refractivity contribution is 0.141. The van der Waals surface area contributed by atoms with Gasteiger partial charge in [0.05, 0.1) is 0 Å². The van der Waals surface area contributed by atoms with Gasteiger partial charge >= 0.3 is 0 Å². The molecule has 118 valence electrons. The van der Waals surface area contributed by atoms with E-state index in [2.05, 4.69) is 24.1 Å². The maximum absolute atomic E-state index is 14.0. The van der Waals surface area contributed by atoms with Crippen molar-refractivity contribution >= 4 is 0 Å². The van der Waals surface area contributed by atoms with Crippen molar-refractivity contribution in [3.05, 3.63) is 35.6 Å². The van der Waals surface area contributed by atoms with Crippen molar-refractivity contribution in [2.45, 2.75) is 39.2 Å². The van der Waals surface area contributed by atoms with Gasteiger partial charge < -0.3 is 10.2 Å². The summed E-state index contributed by atoms with van der Waals surface area (Å²) < 4.78 is 14.0. The maximum Gasteiger partial charge on any atom is 0.127 e. The summed E-state index contributed by atoms with van der Waals surface area (Å²) in [5.74, 6) is 1.13. The van der Waals surface area contributed by atoms with Crippen molar-refractivity contribution in [3.63, 3.8) is 0 Å². The van der Waals surface area contributed by atoms with Gasteiger partial charge in [-0.2, -0.15) is 0 Å². The van der Waals surface area contributed by atoms with Gasteiger partial charge in [0.2, 0.25) is 0 Å². The predicted octanol–water partition coefficient (Wildman–Crippen LogP) is 3.84. The van der Waals surface area contributed by atoms with Crippen molar-refractivity contribution in [1.29, 1.82) is 0 Å². The Labute approximate surface area is 128 Å². The predicted molar refractivity (Wildman–Crippen MR) is 86.8 cm³/mol. The molecule has 0 bridgehead atoms. The van der Waals surface area contributed by atoms with Crippen LogP contribution in [0.3, 0.4) is 0 Å². The second kappa shape index (κ2) is 7.90. The number of likely N-dealkylation sites (tertiary alicyclic amines) is 1. The van der Waals surface area contributed by atoms with E-state index in [0.29, 0.717) is 5.92 Å². The van der Waals surface area contributed by atoms with E-state index in [0.717, 1.165) is 18.0 Å². The van der Waals surface area contributed by atoms with Crippen LogP contribution in [0.25, 0.3) is 0 Å². The van der Waals surface area contributed by atoms with Gasteiger partial charge in [0.1, 0.15) is 5.82 Å². The number of nitrogens with zero attached hydrogens (tertiary/aromatic N) is 1. The number of halogens is 1. The number of piperidine rings is 1. The van der Waals surface area contributed by atoms with Gasteiger partial charge in [0.25, 0.3) is 0 Å². The molecule has 2 rings (SSSR count). The summed E-state index contributed by atoms with van der Waals surface area (Å²) in [7, 11) is 1.93. The van der Waals surface area contributed by atoms with E-state index in [9.17, 15) is 4.39 Å². The van der Waals surface area contributed by atoms with Gasteiger partial charge in [-0.25, -0.2) is 4.39 Å². The van der Waals surface area contributed by atoms with E-state index in [-0.39, 0.29) is 11.9 Å². The smallest absolute Gasteiger partial charge is 0.127 e. The first-order valence-corrected chi connectivity index (χ1v) is 8.29. The lowest BCUT2D eigenvalue weighted by Crippen LogP contribution is -2.40. The summed E-state index contributed by atoms with van der Waals surface area (Å²) in [6.07, 6.45) is 3.94. The Balaban J connectivity index is 2.00. The summed E-state index contributed by atoms with van der Waals surface area (Å²) in [4.78, 5) is 2.56. The molecule has 0 radical (unpaired) electrons. The monoisotopic (exact) mass is 292 g/mol. The first-order chi connectivity index (χ1) is 10.2. The van der Waals surface area contributed by atoms with E-state index in [1.165, 1.54) is 32.4 Å². The average Bonchev–Trinajstić information content (AvgIpc) is 2.50. The molecule has 0 amide bonds. The maximum atomic E-state index is 14.0. The van der Waals surface area contributed by atoms with Crippen LogP contribution in [-0.2, 0) is 0 Å². The molecule has 1 aliphatic rings. The zero-order valence-corrected chi connectivity index (χ0v) is 13.6. The Bertz CT molecular complexity index is 435. The third-order valence-electron chi connectivity index (χ3n) is 4.85. The van der Waals surface area contributed by atoms with E-state index in [1.54, 1.807) is 12.1 Å².